The monoisotopic (exact) mass is 409 g/mol. The second-order valence-electron chi connectivity index (χ2n) is 7.78. The van der Waals surface area contributed by atoms with Gasteiger partial charge in [0.15, 0.2) is 0 Å². The van der Waals surface area contributed by atoms with Crippen molar-refractivity contribution >= 4 is 17.5 Å². The molecule has 3 rings (SSSR count). The summed E-state index contributed by atoms with van der Waals surface area (Å²) in [5.41, 5.74) is 4.07. The van der Waals surface area contributed by atoms with Gasteiger partial charge in [-0.15, -0.1) is 0 Å². The number of amides is 2. The van der Waals surface area contributed by atoms with Crippen LogP contribution in [0.25, 0.3) is 0 Å². The second kappa shape index (κ2) is 10.3. The van der Waals surface area contributed by atoms with Crippen molar-refractivity contribution in [3.05, 3.63) is 59.2 Å². The number of carbonyl (C=O) groups excluding carboxylic acids is 2. The minimum atomic E-state index is -0.0108. The molecule has 2 aromatic carbocycles. The number of hydrogen-bond donors (Lipinski definition) is 1. The van der Waals surface area contributed by atoms with Crippen LogP contribution in [0.1, 0.15) is 23.1 Å². The maximum atomic E-state index is 12.6. The number of nitrogens with one attached hydrogen (secondary N) is 1. The molecule has 1 fully saturated rings. The van der Waals surface area contributed by atoms with E-state index in [1.54, 1.807) is 7.11 Å². The lowest BCUT2D eigenvalue weighted by Gasteiger charge is -2.34. The van der Waals surface area contributed by atoms with Crippen molar-refractivity contribution in [2.45, 2.75) is 26.7 Å². The van der Waals surface area contributed by atoms with Gasteiger partial charge in [0.25, 0.3) is 0 Å². The lowest BCUT2D eigenvalue weighted by molar-refractivity contribution is -0.133. The number of aryl methyl sites for hydroxylation is 3. The number of methoxy groups -OCH3 is 1. The Morgan fingerprint density at radius 1 is 0.967 bits per heavy atom. The van der Waals surface area contributed by atoms with Crippen LogP contribution in [0.15, 0.2) is 42.5 Å². The van der Waals surface area contributed by atoms with E-state index in [2.05, 4.69) is 10.2 Å². The van der Waals surface area contributed by atoms with E-state index in [1.807, 2.05) is 61.2 Å². The van der Waals surface area contributed by atoms with Crippen LogP contribution in [0.3, 0.4) is 0 Å². The van der Waals surface area contributed by atoms with Crippen LogP contribution < -0.4 is 10.1 Å². The Labute approximate surface area is 178 Å². The Morgan fingerprint density at radius 2 is 1.63 bits per heavy atom. The number of hydrogen-bond acceptors (Lipinski definition) is 4. The molecule has 160 valence electrons. The largest absolute Gasteiger partial charge is 0.496 e. The Morgan fingerprint density at radius 3 is 2.30 bits per heavy atom. The smallest absolute Gasteiger partial charge is 0.238 e. The van der Waals surface area contributed by atoms with E-state index < -0.39 is 0 Å². The molecule has 0 unspecified atom stereocenters. The zero-order valence-electron chi connectivity index (χ0n) is 18.1. The first-order valence-corrected chi connectivity index (χ1v) is 10.5. The Balaban J connectivity index is 1.44. The number of piperazine rings is 1. The lowest BCUT2D eigenvalue weighted by atomic mass is 10.1. The minimum absolute atomic E-state index is 0.0108. The number of nitrogens with zero attached hydrogens (tertiary/aromatic N) is 2. The fourth-order valence-corrected chi connectivity index (χ4v) is 3.86. The van der Waals surface area contributed by atoms with E-state index in [4.69, 9.17) is 4.74 Å². The van der Waals surface area contributed by atoms with Crippen molar-refractivity contribution in [1.29, 1.82) is 0 Å². The van der Waals surface area contributed by atoms with Crippen molar-refractivity contribution in [1.82, 2.24) is 9.80 Å². The van der Waals surface area contributed by atoms with Gasteiger partial charge in [0, 0.05) is 38.3 Å². The van der Waals surface area contributed by atoms with Crippen molar-refractivity contribution in [2.24, 2.45) is 0 Å². The summed E-state index contributed by atoms with van der Waals surface area (Å²) in [4.78, 5) is 29.1. The zero-order valence-corrected chi connectivity index (χ0v) is 18.1. The molecule has 1 N–H and O–H groups in total. The summed E-state index contributed by atoms with van der Waals surface area (Å²) >= 11 is 0. The number of anilines is 1. The summed E-state index contributed by atoms with van der Waals surface area (Å²) in [6.45, 7) is 7.07. The SMILES string of the molecule is COc1ccccc1CCC(=O)N1CCN(CC(=O)Nc2c(C)cccc2C)CC1. The van der Waals surface area contributed by atoms with E-state index in [0.717, 1.165) is 28.1 Å². The van der Waals surface area contributed by atoms with E-state index in [0.29, 0.717) is 45.6 Å². The molecule has 30 heavy (non-hydrogen) atoms. The predicted octanol–water partition coefficient (Wildman–Crippen LogP) is 3.03. The van der Waals surface area contributed by atoms with Gasteiger partial charge in [-0.05, 0) is 43.0 Å². The van der Waals surface area contributed by atoms with Crippen molar-refractivity contribution in [3.8, 4) is 5.75 Å². The van der Waals surface area contributed by atoms with Crippen molar-refractivity contribution < 1.29 is 14.3 Å². The second-order valence-corrected chi connectivity index (χ2v) is 7.78. The van der Waals surface area contributed by atoms with Gasteiger partial charge in [-0.3, -0.25) is 14.5 Å². The molecule has 1 aliphatic rings. The molecule has 2 amide bonds. The van der Waals surface area contributed by atoms with Gasteiger partial charge in [0.05, 0.1) is 13.7 Å². The third kappa shape index (κ3) is 5.60. The molecule has 0 spiro atoms. The number of carbonyl (C=O) groups is 2. The molecule has 6 nitrogen and oxygen atoms in total. The van der Waals surface area contributed by atoms with Gasteiger partial charge in [-0.25, -0.2) is 0 Å². The molecule has 0 saturated carbocycles. The third-order valence-corrected chi connectivity index (χ3v) is 5.64. The van der Waals surface area contributed by atoms with E-state index in [-0.39, 0.29) is 11.8 Å². The molecule has 0 aliphatic carbocycles. The van der Waals surface area contributed by atoms with Gasteiger partial charge < -0.3 is 15.0 Å². The van der Waals surface area contributed by atoms with E-state index in [9.17, 15) is 9.59 Å². The van der Waals surface area contributed by atoms with Crippen molar-refractivity contribution in [2.75, 3.05) is 45.2 Å². The topological polar surface area (TPSA) is 61.9 Å². The summed E-state index contributed by atoms with van der Waals surface area (Å²) in [5, 5.41) is 3.04. The molecular formula is C24H31N3O3. The fourth-order valence-electron chi connectivity index (χ4n) is 3.86. The maximum absolute atomic E-state index is 12.6. The Bertz CT molecular complexity index is 869. The van der Waals surface area contributed by atoms with E-state index in [1.165, 1.54) is 0 Å². The van der Waals surface area contributed by atoms with Gasteiger partial charge in [-0.1, -0.05) is 36.4 Å². The number of rotatable bonds is 7. The van der Waals surface area contributed by atoms with Crippen LogP contribution in [0.2, 0.25) is 0 Å². The van der Waals surface area contributed by atoms with Gasteiger partial charge >= 0.3 is 0 Å². The zero-order chi connectivity index (χ0) is 21.5. The van der Waals surface area contributed by atoms with Gasteiger partial charge in [0.1, 0.15) is 5.75 Å². The molecule has 1 aliphatic heterocycles. The highest BCUT2D eigenvalue weighted by molar-refractivity contribution is 5.93. The number of benzene rings is 2. The van der Waals surface area contributed by atoms with Crippen LogP contribution in [-0.2, 0) is 16.0 Å². The molecule has 1 heterocycles. The predicted molar refractivity (Wildman–Crippen MR) is 119 cm³/mol. The molecule has 6 heteroatoms. The first-order valence-electron chi connectivity index (χ1n) is 10.5. The first-order chi connectivity index (χ1) is 14.5. The standard InChI is InChI=1S/C24H31N3O3/c1-18-7-6-8-19(2)24(18)25-22(28)17-26-13-15-27(16-14-26)23(29)12-11-20-9-4-5-10-21(20)30-3/h4-10H,11-17H2,1-3H3,(H,25,28). The summed E-state index contributed by atoms with van der Waals surface area (Å²) in [6.07, 6.45) is 1.13. The third-order valence-electron chi connectivity index (χ3n) is 5.64. The van der Waals surface area contributed by atoms with Crippen LogP contribution >= 0.6 is 0 Å². The van der Waals surface area contributed by atoms with Gasteiger partial charge in [-0.2, -0.15) is 0 Å². The Kier molecular flexibility index (Phi) is 7.46. The summed E-state index contributed by atoms with van der Waals surface area (Å²) < 4.78 is 5.36. The molecule has 1 saturated heterocycles. The first kappa shape index (κ1) is 21.8. The molecule has 0 bridgehead atoms. The minimum Gasteiger partial charge on any atom is -0.496 e. The van der Waals surface area contributed by atoms with Crippen LogP contribution in [0, 0.1) is 13.8 Å². The van der Waals surface area contributed by atoms with Gasteiger partial charge in [0.2, 0.25) is 11.8 Å². The highest BCUT2D eigenvalue weighted by Crippen LogP contribution is 2.20. The van der Waals surface area contributed by atoms with E-state index >= 15 is 0 Å². The normalized spacial score (nSPS) is 14.4. The Hall–Kier alpha value is -2.86. The summed E-state index contributed by atoms with van der Waals surface area (Å²) in [5.74, 6) is 0.967. The van der Waals surface area contributed by atoms with Crippen molar-refractivity contribution in [3.63, 3.8) is 0 Å². The molecule has 0 radical (unpaired) electrons. The number of para-hydroxylation sites is 2. The summed E-state index contributed by atoms with van der Waals surface area (Å²) in [7, 11) is 1.65. The molecule has 0 atom stereocenters. The summed E-state index contributed by atoms with van der Waals surface area (Å²) in [6, 6.07) is 13.8. The number of ether oxygens (including phenoxy) is 1. The van der Waals surface area contributed by atoms with Crippen LogP contribution in [-0.4, -0.2) is 61.4 Å². The molecular weight excluding hydrogens is 378 g/mol. The average Bonchev–Trinajstić information content (AvgIpc) is 2.75. The molecule has 0 aromatic heterocycles. The van der Waals surface area contributed by atoms with Crippen LogP contribution in [0.5, 0.6) is 5.75 Å². The molecule has 2 aromatic rings. The maximum Gasteiger partial charge on any atom is 0.238 e. The fraction of sp³-hybridized carbons (Fsp3) is 0.417. The van der Waals surface area contributed by atoms with Crippen LogP contribution in [0.4, 0.5) is 5.69 Å². The quantitative estimate of drug-likeness (QED) is 0.764. The average molecular weight is 410 g/mol. The highest BCUT2D eigenvalue weighted by atomic mass is 16.5. The lowest BCUT2D eigenvalue weighted by Crippen LogP contribution is -2.50. The highest BCUT2D eigenvalue weighted by Gasteiger charge is 2.22.